The molecule has 0 heteroatoms. The van der Waals surface area contributed by atoms with Gasteiger partial charge in [-0.2, -0.15) is 0 Å². The molecular weight excluding hydrogens is 408 g/mol. The normalized spacial score (nSPS) is 12.4. The van der Waals surface area contributed by atoms with Crippen molar-refractivity contribution in [3.05, 3.63) is 131 Å². The van der Waals surface area contributed by atoms with Crippen molar-refractivity contribution in [1.29, 1.82) is 0 Å². The fourth-order valence-electron chi connectivity index (χ4n) is 6.13. The monoisotopic (exact) mass is 434 g/mol. The van der Waals surface area contributed by atoms with E-state index in [0.717, 1.165) is 19.3 Å². The SMILES string of the molecule is CCc1cc2c3ccccc3c(Cc3cccc4c3Cc3ccccc3-4)cc2c2ccccc12. The predicted molar refractivity (Wildman–Crippen MR) is 146 cm³/mol. The summed E-state index contributed by atoms with van der Waals surface area (Å²) in [6.45, 7) is 2.26. The zero-order chi connectivity index (χ0) is 22.6. The smallest absolute Gasteiger partial charge is 0.00106 e. The van der Waals surface area contributed by atoms with Crippen molar-refractivity contribution in [1.82, 2.24) is 0 Å². The van der Waals surface area contributed by atoms with E-state index in [1.54, 1.807) is 0 Å². The highest BCUT2D eigenvalue weighted by molar-refractivity contribution is 6.19. The van der Waals surface area contributed by atoms with Crippen LogP contribution in [-0.2, 0) is 19.3 Å². The van der Waals surface area contributed by atoms with Gasteiger partial charge in [0.15, 0.2) is 0 Å². The van der Waals surface area contributed by atoms with Gasteiger partial charge >= 0.3 is 0 Å². The van der Waals surface area contributed by atoms with Gasteiger partial charge in [0.1, 0.15) is 0 Å². The van der Waals surface area contributed by atoms with Crippen molar-refractivity contribution in [3.8, 4) is 11.1 Å². The Balaban J connectivity index is 1.48. The summed E-state index contributed by atoms with van der Waals surface area (Å²) in [5.41, 5.74) is 10.1. The van der Waals surface area contributed by atoms with Gasteiger partial charge in [-0.25, -0.2) is 0 Å². The molecule has 162 valence electrons. The second kappa shape index (κ2) is 7.57. The largest absolute Gasteiger partial charge is 0.0619 e. The van der Waals surface area contributed by atoms with Crippen LogP contribution in [0.25, 0.3) is 43.4 Å². The van der Waals surface area contributed by atoms with Gasteiger partial charge in [0, 0.05) is 0 Å². The first-order valence-corrected chi connectivity index (χ1v) is 12.4. The summed E-state index contributed by atoms with van der Waals surface area (Å²) >= 11 is 0. The molecule has 1 aliphatic carbocycles. The molecule has 6 aromatic carbocycles. The maximum Gasteiger partial charge on any atom is -0.00106 e. The Morgan fingerprint density at radius 1 is 0.500 bits per heavy atom. The van der Waals surface area contributed by atoms with Crippen LogP contribution < -0.4 is 0 Å². The first-order chi connectivity index (χ1) is 16.8. The lowest BCUT2D eigenvalue weighted by atomic mass is 9.88. The maximum atomic E-state index is 2.47. The predicted octanol–water partition coefficient (Wildman–Crippen LogP) is 8.87. The van der Waals surface area contributed by atoms with Gasteiger partial charge in [0.25, 0.3) is 0 Å². The minimum Gasteiger partial charge on any atom is -0.0619 e. The first-order valence-electron chi connectivity index (χ1n) is 12.4. The van der Waals surface area contributed by atoms with Gasteiger partial charge < -0.3 is 0 Å². The summed E-state index contributed by atoms with van der Waals surface area (Å²) < 4.78 is 0. The molecule has 34 heavy (non-hydrogen) atoms. The quantitative estimate of drug-likeness (QED) is 0.244. The Morgan fingerprint density at radius 3 is 1.82 bits per heavy atom. The molecular formula is C34H26. The molecule has 0 bridgehead atoms. The van der Waals surface area contributed by atoms with E-state index in [4.69, 9.17) is 0 Å². The summed E-state index contributed by atoms with van der Waals surface area (Å²) in [7, 11) is 0. The van der Waals surface area contributed by atoms with Gasteiger partial charge in [-0.3, -0.25) is 0 Å². The second-order valence-electron chi connectivity index (χ2n) is 9.57. The van der Waals surface area contributed by atoms with E-state index in [0.29, 0.717) is 0 Å². The maximum absolute atomic E-state index is 2.47. The van der Waals surface area contributed by atoms with Crippen LogP contribution in [0.5, 0.6) is 0 Å². The van der Waals surface area contributed by atoms with E-state index in [9.17, 15) is 0 Å². The molecule has 0 heterocycles. The molecule has 0 saturated carbocycles. The van der Waals surface area contributed by atoms with Crippen LogP contribution >= 0.6 is 0 Å². The lowest BCUT2D eigenvalue weighted by molar-refractivity contribution is 1.13. The van der Waals surface area contributed by atoms with Crippen molar-refractivity contribution in [2.75, 3.05) is 0 Å². The molecule has 0 atom stereocenters. The van der Waals surface area contributed by atoms with Gasteiger partial charge in [-0.15, -0.1) is 0 Å². The Kier molecular flexibility index (Phi) is 4.35. The number of hydrogen-bond donors (Lipinski definition) is 0. The Morgan fingerprint density at radius 2 is 1.09 bits per heavy atom. The van der Waals surface area contributed by atoms with Gasteiger partial charge in [0.2, 0.25) is 0 Å². The third kappa shape index (κ3) is 2.85. The lowest BCUT2D eigenvalue weighted by Gasteiger charge is -2.16. The topological polar surface area (TPSA) is 0 Å². The molecule has 0 radical (unpaired) electrons. The van der Waals surface area contributed by atoms with Crippen LogP contribution in [0.2, 0.25) is 0 Å². The molecule has 0 amide bonds. The van der Waals surface area contributed by atoms with Gasteiger partial charge in [-0.05, 0) is 103 Å². The van der Waals surface area contributed by atoms with Crippen LogP contribution in [0, 0.1) is 0 Å². The van der Waals surface area contributed by atoms with E-state index in [2.05, 4.69) is 110 Å². The third-order valence-corrected chi connectivity index (χ3v) is 7.76. The van der Waals surface area contributed by atoms with E-state index in [1.165, 1.54) is 71.3 Å². The van der Waals surface area contributed by atoms with Crippen LogP contribution in [-0.4, -0.2) is 0 Å². The molecule has 6 aromatic rings. The molecule has 7 rings (SSSR count). The highest BCUT2D eigenvalue weighted by Crippen LogP contribution is 2.40. The summed E-state index contributed by atoms with van der Waals surface area (Å²) in [4.78, 5) is 0. The molecule has 0 fully saturated rings. The van der Waals surface area contributed by atoms with Crippen molar-refractivity contribution in [3.63, 3.8) is 0 Å². The number of aryl methyl sites for hydroxylation is 1. The van der Waals surface area contributed by atoms with Crippen LogP contribution in [0.1, 0.15) is 34.7 Å². The lowest BCUT2D eigenvalue weighted by Crippen LogP contribution is -1.97. The molecule has 1 aliphatic rings. The fraction of sp³-hybridized carbons (Fsp3) is 0.118. The minimum atomic E-state index is 0.956. The first kappa shape index (κ1) is 19.6. The Hall–Kier alpha value is -3.90. The van der Waals surface area contributed by atoms with Crippen LogP contribution in [0.3, 0.4) is 0 Å². The zero-order valence-electron chi connectivity index (χ0n) is 19.4. The number of hydrogen-bond acceptors (Lipinski definition) is 0. The molecule has 0 N–H and O–H groups in total. The zero-order valence-corrected chi connectivity index (χ0v) is 19.4. The second-order valence-corrected chi connectivity index (χ2v) is 9.57. The van der Waals surface area contributed by atoms with Crippen molar-refractivity contribution < 1.29 is 0 Å². The highest BCUT2D eigenvalue weighted by atomic mass is 14.2. The third-order valence-electron chi connectivity index (χ3n) is 7.76. The molecule has 0 unspecified atom stereocenters. The number of benzene rings is 6. The highest BCUT2D eigenvalue weighted by Gasteiger charge is 2.21. The van der Waals surface area contributed by atoms with E-state index < -0.39 is 0 Å². The summed E-state index contributed by atoms with van der Waals surface area (Å²) in [6, 6.07) is 38.6. The van der Waals surface area contributed by atoms with Crippen LogP contribution in [0.4, 0.5) is 0 Å². The summed E-state index contributed by atoms with van der Waals surface area (Å²) in [5, 5.41) is 8.24. The molecule has 0 saturated heterocycles. The standard InChI is InChI=1S/C34H26/c1-2-22-19-33-31-16-8-6-14-28(31)25(21-34(33)30-15-7-5-12-26(22)30)18-23-11-9-17-29-27-13-4-3-10-24(27)20-32(23)29/h3-17,19,21H,2,18,20H2,1H3. The Labute approximate surface area is 200 Å². The average Bonchev–Trinajstić information content (AvgIpc) is 3.28. The summed E-state index contributed by atoms with van der Waals surface area (Å²) in [5.74, 6) is 0. The Bertz CT molecular complexity index is 1740. The summed E-state index contributed by atoms with van der Waals surface area (Å²) in [6.07, 6.45) is 3.04. The molecule has 0 aliphatic heterocycles. The fourth-order valence-corrected chi connectivity index (χ4v) is 6.13. The van der Waals surface area contributed by atoms with Gasteiger partial charge in [0.05, 0.1) is 0 Å². The van der Waals surface area contributed by atoms with E-state index in [1.807, 2.05) is 0 Å². The van der Waals surface area contributed by atoms with E-state index >= 15 is 0 Å². The molecule has 0 aromatic heterocycles. The van der Waals surface area contributed by atoms with Crippen LogP contribution in [0.15, 0.2) is 103 Å². The van der Waals surface area contributed by atoms with Gasteiger partial charge in [-0.1, -0.05) is 97.9 Å². The molecule has 0 spiro atoms. The number of rotatable bonds is 3. The van der Waals surface area contributed by atoms with Crippen molar-refractivity contribution in [2.24, 2.45) is 0 Å². The van der Waals surface area contributed by atoms with Crippen molar-refractivity contribution >= 4 is 32.3 Å². The van der Waals surface area contributed by atoms with Crippen molar-refractivity contribution in [2.45, 2.75) is 26.2 Å². The average molecular weight is 435 g/mol. The molecule has 0 nitrogen and oxygen atoms in total. The van der Waals surface area contributed by atoms with E-state index in [-0.39, 0.29) is 0 Å². The minimum absolute atomic E-state index is 0.956. The number of fused-ring (bicyclic) bond motifs is 8.